The normalized spacial score (nSPS) is 10.3. The van der Waals surface area contributed by atoms with Gasteiger partial charge in [-0.1, -0.05) is 17.7 Å². The summed E-state index contributed by atoms with van der Waals surface area (Å²) in [7, 11) is 0. The van der Waals surface area contributed by atoms with Gasteiger partial charge in [-0.2, -0.15) is 0 Å². The molecule has 0 aliphatic heterocycles. The molecule has 2 aromatic rings. The van der Waals surface area contributed by atoms with Crippen molar-refractivity contribution in [1.82, 2.24) is 4.98 Å². The molecule has 2 rings (SSSR count). The van der Waals surface area contributed by atoms with E-state index in [0.29, 0.717) is 5.56 Å². The third-order valence-electron chi connectivity index (χ3n) is 2.33. The van der Waals surface area contributed by atoms with Crippen molar-refractivity contribution in [3.63, 3.8) is 0 Å². The molecule has 0 saturated carbocycles. The second kappa shape index (κ2) is 3.99. The summed E-state index contributed by atoms with van der Waals surface area (Å²) in [5.41, 5.74) is 2.35. The maximum atomic E-state index is 13.5. The minimum Gasteiger partial charge on any atom is -0.265 e. The Hall–Kier alpha value is -1.41. The Morgan fingerprint density at radius 3 is 2.47 bits per heavy atom. The molecule has 3 heteroatoms. The van der Waals surface area contributed by atoms with E-state index in [0.717, 1.165) is 11.1 Å². The summed E-state index contributed by atoms with van der Waals surface area (Å²) in [5.74, 6) is -0.356. The molecule has 0 aliphatic carbocycles. The topological polar surface area (TPSA) is 12.9 Å². The Morgan fingerprint density at radius 1 is 1.13 bits per heavy atom. The van der Waals surface area contributed by atoms with E-state index >= 15 is 0 Å². The summed E-state index contributed by atoms with van der Waals surface area (Å²) in [6.45, 7) is 1.72. The number of benzene rings is 1. The van der Waals surface area contributed by atoms with E-state index in [1.54, 1.807) is 25.4 Å². The zero-order chi connectivity index (χ0) is 10.8. The molecule has 0 bridgehead atoms. The quantitative estimate of drug-likeness (QED) is 0.713. The van der Waals surface area contributed by atoms with Crippen LogP contribution in [-0.2, 0) is 0 Å². The maximum Gasteiger partial charge on any atom is 0.145 e. The fraction of sp³-hybridized carbons (Fsp3) is 0.0833. The average molecular weight is 222 g/mol. The smallest absolute Gasteiger partial charge is 0.145 e. The number of pyridine rings is 1. The van der Waals surface area contributed by atoms with Crippen LogP contribution in [0, 0.1) is 12.7 Å². The van der Waals surface area contributed by atoms with E-state index in [9.17, 15) is 4.39 Å². The predicted molar refractivity (Wildman–Crippen MR) is 59.4 cm³/mol. The highest BCUT2D eigenvalue weighted by atomic mass is 35.5. The molecular weight excluding hydrogens is 213 g/mol. The van der Waals surface area contributed by atoms with E-state index in [2.05, 4.69) is 4.98 Å². The summed E-state index contributed by atoms with van der Waals surface area (Å²) in [5, 5.41) is 0.158. The van der Waals surface area contributed by atoms with Crippen molar-refractivity contribution in [2.75, 3.05) is 0 Å². The Kier molecular flexibility index (Phi) is 2.69. The Bertz CT molecular complexity index is 482. The lowest BCUT2D eigenvalue weighted by Crippen LogP contribution is -1.89. The number of nitrogens with zero attached hydrogens (tertiary/aromatic N) is 1. The second-order valence-electron chi connectivity index (χ2n) is 3.27. The van der Waals surface area contributed by atoms with Crippen LogP contribution in [0.1, 0.15) is 5.56 Å². The van der Waals surface area contributed by atoms with Gasteiger partial charge in [0.2, 0.25) is 0 Å². The molecule has 0 spiro atoms. The standard InChI is InChI=1S/C12H9ClFN/c1-8-10(2-3-11(13)12(8)14)9-4-6-15-7-5-9/h2-7H,1H3. The van der Waals surface area contributed by atoms with Crippen LogP contribution in [0.25, 0.3) is 11.1 Å². The van der Waals surface area contributed by atoms with Gasteiger partial charge in [0.15, 0.2) is 0 Å². The molecule has 0 N–H and O–H groups in total. The van der Waals surface area contributed by atoms with Gasteiger partial charge in [0.25, 0.3) is 0 Å². The molecule has 1 heterocycles. The largest absolute Gasteiger partial charge is 0.265 e. The van der Waals surface area contributed by atoms with Crippen molar-refractivity contribution >= 4 is 11.6 Å². The van der Waals surface area contributed by atoms with E-state index < -0.39 is 0 Å². The van der Waals surface area contributed by atoms with Gasteiger partial charge in [-0.25, -0.2) is 4.39 Å². The number of aromatic nitrogens is 1. The highest BCUT2D eigenvalue weighted by molar-refractivity contribution is 6.30. The monoisotopic (exact) mass is 221 g/mol. The fourth-order valence-corrected chi connectivity index (χ4v) is 1.70. The number of halogens is 2. The molecule has 0 saturated heterocycles. The molecule has 0 unspecified atom stereocenters. The van der Waals surface area contributed by atoms with Gasteiger partial charge in [0, 0.05) is 12.4 Å². The van der Waals surface area contributed by atoms with Crippen molar-refractivity contribution in [3.05, 3.63) is 53.1 Å². The molecular formula is C12H9ClFN. The van der Waals surface area contributed by atoms with Crippen LogP contribution in [0.2, 0.25) is 5.02 Å². The van der Waals surface area contributed by atoms with Crippen LogP contribution in [0.15, 0.2) is 36.7 Å². The SMILES string of the molecule is Cc1c(-c2ccncc2)ccc(Cl)c1F. The van der Waals surface area contributed by atoms with Crippen LogP contribution < -0.4 is 0 Å². The van der Waals surface area contributed by atoms with Gasteiger partial charge < -0.3 is 0 Å². The van der Waals surface area contributed by atoms with Crippen molar-refractivity contribution in [3.8, 4) is 11.1 Å². The summed E-state index contributed by atoms with van der Waals surface area (Å²) in [6.07, 6.45) is 3.36. The average Bonchev–Trinajstić information content (AvgIpc) is 2.27. The van der Waals surface area contributed by atoms with Crippen LogP contribution in [0.3, 0.4) is 0 Å². The number of hydrogen-bond acceptors (Lipinski definition) is 1. The molecule has 1 nitrogen and oxygen atoms in total. The van der Waals surface area contributed by atoms with Gasteiger partial charge in [-0.3, -0.25) is 4.98 Å². The van der Waals surface area contributed by atoms with Gasteiger partial charge in [0.1, 0.15) is 5.82 Å². The van der Waals surface area contributed by atoms with Gasteiger partial charge in [-0.05, 0) is 41.8 Å². The maximum absolute atomic E-state index is 13.5. The van der Waals surface area contributed by atoms with Gasteiger partial charge in [-0.15, -0.1) is 0 Å². The first-order valence-electron chi connectivity index (χ1n) is 4.55. The highest BCUT2D eigenvalue weighted by Crippen LogP contribution is 2.28. The first-order chi connectivity index (χ1) is 7.20. The molecule has 76 valence electrons. The lowest BCUT2D eigenvalue weighted by molar-refractivity contribution is 0.619. The van der Waals surface area contributed by atoms with E-state index in [1.165, 1.54) is 0 Å². The van der Waals surface area contributed by atoms with Gasteiger partial charge in [0.05, 0.1) is 5.02 Å². The zero-order valence-electron chi connectivity index (χ0n) is 8.17. The molecule has 1 aromatic carbocycles. The van der Waals surface area contributed by atoms with Crippen molar-refractivity contribution in [1.29, 1.82) is 0 Å². The molecule has 1 aromatic heterocycles. The first kappa shape index (κ1) is 10.1. The number of rotatable bonds is 1. The van der Waals surface area contributed by atoms with Crippen molar-refractivity contribution in [2.45, 2.75) is 6.92 Å². The molecule has 0 aliphatic rings. The van der Waals surface area contributed by atoms with Crippen LogP contribution in [0.4, 0.5) is 4.39 Å². The zero-order valence-corrected chi connectivity index (χ0v) is 8.92. The van der Waals surface area contributed by atoms with Crippen LogP contribution >= 0.6 is 11.6 Å². The van der Waals surface area contributed by atoms with Crippen LogP contribution in [0.5, 0.6) is 0 Å². The third-order valence-corrected chi connectivity index (χ3v) is 2.62. The molecule has 0 atom stereocenters. The molecule has 0 amide bonds. The highest BCUT2D eigenvalue weighted by Gasteiger charge is 2.09. The van der Waals surface area contributed by atoms with E-state index in [4.69, 9.17) is 11.6 Å². The Morgan fingerprint density at radius 2 is 1.80 bits per heavy atom. The summed E-state index contributed by atoms with van der Waals surface area (Å²) in [6, 6.07) is 7.07. The minimum atomic E-state index is -0.356. The summed E-state index contributed by atoms with van der Waals surface area (Å²) in [4.78, 5) is 3.92. The third kappa shape index (κ3) is 1.85. The lowest BCUT2D eigenvalue weighted by Gasteiger charge is -2.07. The second-order valence-corrected chi connectivity index (χ2v) is 3.68. The fourth-order valence-electron chi connectivity index (χ4n) is 1.50. The van der Waals surface area contributed by atoms with E-state index in [1.807, 2.05) is 18.2 Å². The Labute approximate surface area is 92.5 Å². The first-order valence-corrected chi connectivity index (χ1v) is 4.93. The molecule has 15 heavy (non-hydrogen) atoms. The lowest BCUT2D eigenvalue weighted by atomic mass is 10.0. The minimum absolute atomic E-state index is 0.158. The summed E-state index contributed by atoms with van der Waals surface area (Å²) >= 11 is 5.69. The van der Waals surface area contributed by atoms with E-state index in [-0.39, 0.29) is 10.8 Å². The summed E-state index contributed by atoms with van der Waals surface area (Å²) < 4.78 is 13.5. The van der Waals surface area contributed by atoms with Gasteiger partial charge >= 0.3 is 0 Å². The molecule has 0 fully saturated rings. The molecule has 0 radical (unpaired) electrons. The predicted octanol–water partition coefficient (Wildman–Crippen LogP) is 3.85. The van der Waals surface area contributed by atoms with Crippen molar-refractivity contribution in [2.24, 2.45) is 0 Å². The van der Waals surface area contributed by atoms with Crippen molar-refractivity contribution < 1.29 is 4.39 Å². The Balaban J connectivity index is 2.60. The number of hydrogen-bond donors (Lipinski definition) is 0. The van der Waals surface area contributed by atoms with Crippen LogP contribution in [-0.4, -0.2) is 4.98 Å².